The van der Waals surface area contributed by atoms with Crippen LogP contribution in [0.4, 0.5) is 30.5 Å². The molecular formula is C26H19F3N6O. The maximum absolute atomic E-state index is 13.3. The van der Waals surface area contributed by atoms with E-state index in [-0.39, 0.29) is 24.0 Å². The molecule has 0 unspecified atom stereocenters. The number of fused-ring (bicyclic) bond motifs is 1. The molecule has 3 aromatic heterocycles. The first-order chi connectivity index (χ1) is 17.3. The van der Waals surface area contributed by atoms with E-state index in [1.807, 2.05) is 24.3 Å². The van der Waals surface area contributed by atoms with Crippen LogP contribution in [0.5, 0.6) is 0 Å². The number of rotatable bonds is 6. The number of amides is 1. The van der Waals surface area contributed by atoms with E-state index >= 15 is 0 Å². The number of para-hydroxylation sites is 1. The van der Waals surface area contributed by atoms with Crippen LogP contribution in [-0.2, 0) is 17.4 Å². The molecule has 5 aromatic rings. The van der Waals surface area contributed by atoms with Gasteiger partial charge in [0, 0.05) is 29.8 Å². The fourth-order valence-corrected chi connectivity index (χ4v) is 3.71. The molecule has 0 spiro atoms. The summed E-state index contributed by atoms with van der Waals surface area (Å²) in [4.78, 5) is 20.5. The maximum atomic E-state index is 13.3. The molecule has 0 aliphatic heterocycles. The van der Waals surface area contributed by atoms with Crippen LogP contribution in [-0.4, -0.2) is 25.5 Å². The second kappa shape index (κ2) is 9.49. The lowest BCUT2D eigenvalue weighted by Crippen LogP contribution is -2.14. The molecular weight excluding hydrogens is 469 g/mol. The van der Waals surface area contributed by atoms with Gasteiger partial charge in [-0.1, -0.05) is 30.3 Å². The number of halogens is 3. The van der Waals surface area contributed by atoms with Crippen LogP contribution in [0.1, 0.15) is 11.1 Å². The maximum Gasteiger partial charge on any atom is 0.418 e. The summed E-state index contributed by atoms with van der Waals surface area (Å²) in [7, 11) is 0. The number of anilines is 3. The number of benzene rings is 2. The van der Waals surface area contributed by atoms with Crippen molar-refractivity contribution < 1.29 is 18.0 Å². The molecule has 2 aromatic carbocycles. The minimum Gasteiger partial charge on any atom is -0.326 e. The van der Waals surface area contributed by atoms with Crippen LogP contribution in [0.25, 0.3) is 16.8 Å². The zero-order valence-corrected chi connectivity index (χ0v) is 18.7. The average molecular weight is 488 g/mol. The molecule has 0 bridgehead atoms. The molecule has 3 heterocycles. The summed E-state index contributed by atoms with van der Waals surface area (Å²) in [5.74, 6) is -0.0950. The van der Waals surface area contributed by atoms with E-state index in [1.54, 1.807) is 42.9 Å². The van der Waals surface area contributed by atoms with E-state index in [2.05, 4.69) is 25.7 Å². The van der Waals surface area contributed by atoms with E-state index in [0.29, 0.717) is 11.3 Å². The minimum absolute atomic E-state index is 0.0514. The van der Waals surface area contributed by atoms with Crippen molar-refractivity contribution in [2.75, 3.05) is 10.6 Å². The number of hydrogen-bond acceptors (Lipinski definition) is 5. The Bertz CT molecular complexity index is 1510. The Morgan fingerprint density at radius 1 is 0.917 bits per heavy atom. The predicted molar refractivity (Wildman–Crippen MR) is 130 cm³/mol. The largest absolute Gasteiger partial charge is 0.418 e. The van der Waals surface area contributed by atoms with Gasteiger partial charge < -0.3 is 10.6 Å². The van der Waals surface area contributed by atoms with E-state index in [1.165, 1.54) is 22.7 Å². The summed E-state index contributed by atoms with van der Waals surface area (Å²) in [5.41, 5.74) is 2.73. The fraction of sp³-hybridized carbons (Fsp3) is 0.0769. The third kappa shape index (κ3) is 5.17. The fourth-order valence-electron chi connectivity index (χ4n) is 3.71. The third-order valence-corrected chi connectivity index (χ3v) is 5.40. The highest BCUT2D eigenvalue weighted by Crippen LogP contribution is 2.35. The second-order valence-electron chi connectivity index (χ2n) is 7.99. The molecule has 1 amide bonds. The van der Waals surface area contributed by atoms with Crippen molar-refractivity contribution >= 4 is 28.9 Å². The highest BCUT2D eigenvalue weighted by Gasteiger charge is 2.33. The van der Waals surface area contributed by atoms with Crippen LogP contribution in [0.3, 0.4) is 0 Å². The van der Waals surface area contributed by atoms with E-state index in [9.17, 15) is 18.0 Å². The summed E-state index contributed by atoms with van der Waals surface area (Å²) >= 11 is 0. The Morgan fingerprint density at radius 3 is 2.44 bits per heavy atom. The highest BCUT2D eigenvalue weighted by atomic mass is 19.4. The third-order valence-electron chi connectivity index (χ3n) is 5.40. The summed E-state index contributed by atoms with van der Waals surface area (Å²) in [6.07, 6.45) is 0.766. The number of carbonyl (C=O) groups excluding carboxylic acids is 1. The standard InChI is InChI=1S/C26H19F3N6O/c27-26(28,29)21-5-1-2-6-22(21)32-25-33-23-12-9-19(16-35(23)34-25)18-7-10-20(11-8-18)31-24(36)14-17-4-3-13-30-15-17/h1-13,15-16H,14H2,(H,31,36)(H,32,34). The van der Waals surface area contributed by atoms with Gasteiger partial charge in [-0.05, 0) is 53.6 Å². The van der Waals surface area contributed by atoms with Crippen LogP contribution in [0, 0.1) is 0 Å². The predicted octanol–water partition coefficient (Wildman–Crippen LogP) is 5.73. The van der Waals surface area contributed by atoms with Crippen LogP contribution in [0.2, 0.25) is 0 Å². The summed E-state index contributed by atoms with van der Waals surface area (Å²) < 4.78 is 41.3. The van der Waals surface area contributed by atoms with E-state index in [0.717, 1.165) is 22.8 Å². The minimum atomic E-state index is -4.50. The second-order valence-corrected chi connectivity index (χ2v) is 7.99. The number of carbonyl (C=O) groups is 1. The van der Waals surface area contributed by atoms with Gasteiger partial charge in [-0.25, -0.2) is 4.52 Å². The summed E-state index contributed by atoms with van der Waals surface area (Å²) in [6, 6.07) is 19.7. The Labute approximate surface area is 203 Å². The number of pyridine rings is 2. The molecule has 0 atom stereocenters. The van der Waals surface area contributed by atoms with Crippen molar-refractivity contribution in [3.8, 4) is 11.1 Å². The Hall–Kier alpha value is -4.73. The summed E-state index contributed by atoms with van der Waals surface area (Å²) in [6.45, 7) is 0. The van der Waals surface area contributed by atoms with Gasteiger partial charge in [0.2, 0.25) is 11.9 Å². The van der Waals surface area contributed by atoms with Crippen LogP contribution < -0.4 is 10.6 Å². The number of aromatic nitrogens is 4. The zero-order valence-electron chi connectivity index (χ0n) is 18.7. The monoisotopic (exact) mass is 488 g/mol. The SMILES string of the molecule is O=C(Cc1cccnc1)Nc1ccc(-c2ccc3nc(Nc4ccccc4C(F)(F)F)nn3c2)cc1. The molecule has 7 nitrogen and oxygen atoms in total. The van der Waals surface area contributed by atoms with Gasteiger partial charge in [0.1, 0.15) is 0 Å². The molecule has 0 fully saturated rings. The van der Waals surface area contributed by atoms with Gasteiger partial charge in [-0.3, -0.25) is 9.78 Å². The normalized spacial score (nSPS) is 11.4. The lowest BCUT2D eigenvalue weighted by molar-refractivity contribution is -0.136. The molecule has 5 rings (SSSR count). The van der Waals surface area contributed by atoms with Gasteiger partial charge in [0.05, 0.1) is 17.7 Å². The lowest BCUT2D eigenvalue weighted by Gasteiger charge is -2.12. The van der Waals surface area contributed by atoms with Crippen molar-refractivity contribution in [3.05, 3.63) is 103 Å². The topological polar surface area (TPSA) is 84.2 Å². The zero-order chi connectivity index (χ0) is 25.1. The molecule has 10 heteroatoms. The Kier molecular flexibility index (Phi) is 6.07. The van der Waals surface area contributed by atoms with E-state index < -0.39 is 11.7 Å². The van der Waals surface area contributed by atoms with E-state index in [4.69, 9.17) is 0 Å². The van der Waals surface area contributed by atoms with Gasteiger partial charge >= 0.3 is 6.18 Å². The van der Waals surface area contributed by atoms with Crippen molar-refractivity contribution in [2.45, 2.75) is 12.6 Å². The van der Waals surface area contributed by atoms with Crippen molar-refractivity contribution in [1.29, 1.82) is 0 Å². The van der Waals surface area contributed by atoms with Crippen molar-refractivity contribution in [3.63, 3.8) is 0 Å². The molecule has 180 valence electrons. The molecule has 0 saturated carbocycles. The van der Waals surface area contributed by atoms with Gasteiger partial charge in [-0.15, -0.1) is 5.10 Å². The van der Waals surface area contributed by atoms with Gasteiger partial charge in [0.25, 0.3) is 0 Å². The Balaban J connectivity index is 1.31. The first-order valence-corrected chi connectivity index (χ1v) is 10.9. The number of alkyl halides is 3. The van der Waals surface area contributed by atoms with Crippen LogP contribution >= 0.6 is 0 Å². The first-order valence-electron chi connectivity index (χ1n) is 10.9. The van der Waals surface area contributed by atoms with Gasteiger partial charge in [-0.2, -0.15) is 18.2 Å². The average Bonchev–Trinajstić information content (AvgIpc) is 3.26. The van der Waals surface area contributed by atoms with Crippen molar-refractivity contribution in [1.82, 2.24) is 19.6 Å². The Morgan fingerprint density at radius 2 is 1.69 bits per heavy atom. The lowest BCUT2D eigenvalue weighted by atomic mass is 10.1. The number of hydrogen-bond donors (Lipinski definition) is 2. The molecule has 0 aliphatic carbocycles. The summed E-state index contributed by atoms with van der Waals surface area (Å²) in [5, 5.41) is 9.80. The van der Waals surface area contributed by atoms with Crippen molar-refractivity contribution in [2.24, 2.45) is 0 Å². The first kappa shape index (κ1) is 23.0. The highest BCUT2D eigenvalue weighted by molar-refractivity contribution is 5.92. The molecule has 0 radical (unpaired) electrons. The number of nitrogens with one attached hydrogen (secondary N) is 2. The smallest absolute Gasteiger partial charge is 0.326 e. The number of nitrogens with zero attached hydrogens (tertiary/aromatic N) is 4. The quantitative estimate of drug-likeness (QED) is 0.319. The molecule has 0 aliphatic rings. The molecule has 36 heavy (non-hydrogen) atoms. The van der Waals surface area contributed by atoms with Gasteiger partial charge in [0.15, 0.2) is 5.65 Å². The van der Waals surface area contributed by atoms with Crippen LogP contribution in [0.15, 0.2) is 91.4 Å². The molecule has 2 N–H and O–H groups in total. The molecule has 0 saturated heterocycles.